The zero-order chi connectivity index (χ0) is 9.84. The normalized spacial score (nSPS) is 10.5. The number of benzene rings is 1. The molecule has 0 spiro atoms. The number of carboxylic acids is 1. The van der Waals surface area contributed by atoms with Crippen molar-refractivity contribution in [1.29, 1.82) is 0 Å². The van der Waals surface area contributed by atoms with E-state index in [9.17, 15) is 9.90 Å². The van der Waals surface area contributed by atoms with Crippen molar-refractivity contribution in [1.82, 2.24) is 0 Å². The Hall–Kier alpha value is -1.29. The van der Waals surface area contributed by atoms with Crippen LogP contribution in [0.2, 0.25) is 0 Å². The van der Waals surface area contributed by atoms with Crippen molar-refractivity contribution in [2.45, 2.75) is 0 Å². The number of hydrogen-bond donors (Lipinski definition) is 2. The van der Waals surface area contributed by atoms with Gasteiger partial charge in [-0.2, -0.15) is 0 Å². The lowest BCUT2D eigenvalue weighted by Crippen LogP contribution is -1.85. The molecule has 0 aliphatic heterocycles. The maximum absolute atomic E-state index is 10.2. The van der Waals surface area contributed by atoms with Crippen molar-refractivity contribution in [3.63, 3.8) is 0 Å². The van der Waals surface area contributed by atoms with Crippen LogP contribution < -0.4 is 0 Å². The number of carbonyl (C=O) groups is 1. The zero-order valence-corrected chi connectivity index (χ0v) is 8.15. The van der Waals surface area contributed by atoms with Gasteiger partial charge in [0.1, 0.15) is 5.75 Å². The Kier molecular flexibility index (Phi) is 3.08. The van der Waals surface area contributed by atoms with Crippen molar-refractivity contribution in [2.75, 3.05) is 0 Å². The summed E-state index contributed by atoms with van der Waals surface area (Å²) < 4.78 is 0.787. The summed E-state index contributed by atoms with van der Waals surface area (Å²) in [7, 11) is 0. The average molecular weight is 243 g/mol. The van der Waals surface area contributed by atoms with Gasteiger partial charge in [0, 0.05) is 16.1 Å². The summed E-state index contributed by atoms with van der Waals surface area (Å²) in [6, 6.07) is 4.80. The van der Waals surface area contributed by atoms with E-state index in [1.807, 2.05) is 0 Å². The molecule has 0 fully saturated rings. The van der Waals surface area contributed by atoms with Gasteiger partial charge in [-0.3, -0.25) is 0 Å². The first kappa shape index (κ1) is 9.80. The van der Waals surface area contributed by atoms with E-state index in [4.69, 9.17) is 5.11 Å². The number of phenols is 1. The van der Waals surface area contributed by atoms with Crippen molar-refractivity contribution < 1.29 is 15.0 Å². The quantitative estimate of drug-likeness (QED) is 0.783. The molecular weight excluding hydrogens is 236 g/mol. The van der Waals surface area contributed by atoms with Gasteiger partial charge < -0.3 is 10.2 Å². The highest BCUT2D eigenvalue weighted by molar-refractivity contribution is 9.10. The fourth-order valence-corrected chi connectivity index (χ4v) is 1.20. The number of hydrogen-bond acceptors (Lipinski definition) is 2. The molecule has 0 saturated heterocycles. The molecule has 3 nitrogen and oxygen atoms in total. The van der Waals surface area contributed by atoms with E-state index in [-0.39, 0.29) is 5.75 Å². The van der Waals surface area contributed by atoms with Gasteiger partial charge in [0.05, 0.1) is 0 Å². The molecule has 0 atom stereocenters. The fraction of sp³-hybridized carbons (Fsp3) is 0. The van der Waals surface area contributed by atoms with Gasteiger partial charge in [-0.15, -0.1) is 0 Å². The van der Waals surface area contributed by atoms with Gasteiger partial charge >= 0.3 is 5.97 Å². The molecule has 0 aliphatic carbocycles. The van der Waals surface area contributed by atoms with Crippen molar-refractivity contribution >= 4 is 28.0 Å². The summed E-state index contributed by atoms with van der Waals surface area (Å²) in [4.78, 5) is 10.2. The molecule has 13 heavy (non-hydrogen) atoms. The van der Waals surface area contributed by atoms with Crippen LogP contribution in [0.4, 0.5) is 0 Å². The predicted molar refractivity (Wildman–Crippen MR) is 52.5 cm³/mol. The lowest BCUT2D eigenvalue weighted by atomic mass is 10.2. The fourth-order valence-electron chi connectivity index (χ4n) is 0.820. The topological polar surface area (TPSA) is 57.5 Å². The number of aliphatic carboxylic acids is 1. The summed E-state index contributed by atoms with van der Waals surface area (Å²) in [5.41, 5.74) is 0.469. The smallest absolute Gasteiger partial charge is 0.328 e. The van der Waals surface area contributed by atoms with Crippen LogP contribution in [0.1, 0.15) is 5.56 Å². The molecule has 4 heteroatoms. The molecule has 0 saturated carbocycles. The SMILES string of the molecule is O=C(O)/C=C\c1cc(Br)ccc1O. The molecule has 1 aromatic rings. The monoisotopic (exact) mass is 242 g/mol. The van der Waals surface area contributed by atoms with Crippen LogP contribution in [-0.4, -0.2) is 16.2 Å². The molecule has 0 aliphatic rings. The first-order chi connectivity index (χ1) is 6.09. The Balaban J connectivity index is 3.00. The number of halogens is 1. The van der Waals surface area contributed by atoms with Crippen LogP contribution in [0.3, 0.4) is 0 Å². The lowest BCUT2D eigenvalue weighted by molar-refractivity contribution is -0.131. The molecule has 1 aromatic carbocycles. The van der Waals surface area contributed by atoms with Crippen molar-refractivity contribution in [2.24, 2.45) is 0 Å². The molecule has 1 rings (SSSR count). The second-order valence-corrected chi connectivity index (χ2v) is 3.29. The van der Waals surface area contributed by atoms with Crippen LogP contribution in [0.25, 0.3) is 6.08 Å². The van der Waals surface area contributed by atoms with Gasteiger partial charge in [-0.1, -0.05) is 15.9 Å². The Morgan fingerprint density at radius 1 is 1.46 bits per heavy atom. The third-order valence-electron chi connectivity index (χ3n) is 1.40. The third kappa shape index (κ3) is 2.91. The van der Waals surface area contributed by atoms with Crippen LogP contribution in [-0.2, 0) is 4.79 Å². The minimum atomic E-state index is -1.04. The minimum Gasteiger partial charge on any atom is -0.507 e. The number of aromatic hydroxyl groups is 1. The van der Waals surface area contributed by atoms with E-state index in [0.717, 1.165) is 10.5 Å². The summed E-state index contributed by atoms with van der Waals surface area (Å²) in [5.74, 6) is -0.986. The maximum atomic E-state index is 10.2. The molecule has 0 heterocycles. The predicted octanol–water partition coefficient (Wildman–Crippen LogP) is 2.25. The van der Waals surface area contributed by atoms with Gasteiger partial charge in [0.2, 0.25) is 0 Å². The molecule has 0 amide bonds. The van der Waals surface area contributed by atoms with Crippen LogP contribution >= 0.6 is 15.9 Å². The highest BCUT2D eigenvalue weighted by atomic mass is 79.9. The number of carboxylic acid groups (broad SMARTS) is 1. The van der Waals surface area contributed by atoms with Gasteiger partial charge in [-0.05, 0) is 24.3 Å². The molecule has 68 valence electrons. The minimum absolute atomic E-state index is 0.0562. The van der Waals surface area contributed by atoms with E-state index in [1.54, 1.807) is 12.1 Å². The first-order valence-corrected chi connectivity index (χ1v) is 4.28. The lowest BCUT2D eigenvalue weighted by Gasteiger charge is -1.98. The molecule has 0 radical (unpaired) electrons. The third-order valence-corrected chi connectivity index (χ3v) is 1.89. The summed E-state index contributed by atoms with van der Waals surface area (Å²) >= 11 is 3.21. The van der Waals surface area contributed by atoms with Crippen LogP contribution in [0, 0.1) is 0 Å². The first-order valence-electron chi connectivity index (χ1n) is 3.49. The highest BCUT2D eigenvalue weighted by Gasteiger charge is 1.98. The van der Waals surface area contributed by atoms with E-state index in [0.29, 0.717) is 5.56 Å². The second kappa shape index (κ2) is 4.09. The largest absolute Gasteiger partial charge is 0.507 e. The molecule has 0 bridgehead atoms. The standard InChI is InChI=1S/C9H7BrO3/c10-7-2-3-8(11)6(5-7)1-4-9(12)13/h1-5,11H,(H,12,13)/b4-1-. The molecular formula is C9H7BrO3. The molecule has 0 aromatic heterocycles. The van der Waals surface area contributed by atoms with E-state index in [1.165, 1.54) is 12.1 Å². The van der Waals surface area contributed by atoms with Crippen LogP contribution in [0.15, 0.2) is 28.7 Å². The summed E-state index contributed by atoms with van der Waals surface area (Å²) in [6.07, 6.45) is 2.31. The Morgan fingerprint density at radius 3 is 2.77 bits per heavy atom. The second-order valence-electron chi connectivity index (χ2n) is 2.37. The highest BCUT2D eigenvalue weighted by Crippen LogP contribution is 2.22. The molecule has 2 N–H and O–H groups in total. The van der Waals surface area contributed by atoms with E-state index in [2.05, 4.69) is 15.9 Å². The maximum Gasteiger partial charge on any atom is 0.328 e. The zero-order valence-electron chi connectivity index (χ0n) is 6.57. The Bertz CT molecular complexity index is 358. The van der Waals surface area contributed by atoms with E-state index < -0.39 is 5.97 Å². The Labute approximate surface area is 83.5 Å². The van der Waals surface area contributed by atoms with E-state index >= 15 is 0 Å². The average Bonchev–Trinajstić information content (AvgIpc) is 2.06. The van der Waals surface area contributed by atoms with Crippen LogP contribution in [0.5, 0.6) is 5.75 Å². The summed E-state index contributed by atoms with van der Waals surface area (Å²) in [5, 5.41) is 17.6. The summed E-state index contributed by atoms with van der Waals surface area (Å²) in [6.45, 7) is 0. The number of phenolic OH excluding ortho intramolecular Hbond substituents is 1. The van der Waals surface area contributed by atoms with Gasteiger partial charge in [0.25, 0.3) is 0 Å². The van der Waals surface area contributed by atoms with Gasteiger partial charge in [0.15, 0.2) is 0 Å². The number of rotatable bonds is 2. The van der Waals surface area contributed by atoms with Gasteiger partial charge in [-0.25, -0.2) is 4.79 Å². The Morgan fingerprint density at radius 2 is 2.15 bits per heavy atom. The van der Waals surface area contributed by atoms with Crippen molar-refractivity contribution in [3.8, 4) is 5.75 Å². The van der Waals surface area contributed by atoms with Crippen molar-refractivity contribution in [3.05, 3.63) is 34.3 Å². The molecule has 0 unspecified atom stereocenters.